The summed E-state index contributed by atoms with van der Waals surface area (Å²) in [6.07, 6.45) is 4.87. The third-order valence-electron chi connectivity index (χ3n) is 4.61. The quantitative estimate of drug-likeness (QED) is 0.896. The van der Waals surface area contributed by atoms with Crippen LogP contribution in [0.5, 0.6) is 0 Å². The lowest BCUT2D eigenvalue weighted by atomic mass is 9.85. The van der Waals surface area contributed by atoms with Crippen LogP contribution < -0.4 is 5.32 Å². The van der Waals surface area contributed by atoms with Gasteiger partial charge >= 0.3 is 0 Å². The molecule has 1 heterocycles. The number of rotatable bonds is 4. The number of carbonyl (C=O) groups excluding carboxylic acids is 1. The van der Waals surface area contributed by atoms with E-state index in [2.05, 4.69) is 23.7 Å². The Hall–Kier alpha value is -1.29. The number of carbonyl (C=O) groups is 1. The van der Waals surface area contributed by atoms with Gasteiger partial charge in [-0.15, -0.1) is 0 Å². The molecule has 0 spiro atoms. The smallest absolute Gasteiger partial charge is 0.253 e. The molecule has 118 valence electrons. The molecule has 4 nitrogen and oxygen atoms in total. The average Bonchev–Trinajstić information content (AvgIpc) is 2.72. The number of aliphatic hydroxyl groups is 1. The van der Waals surface area contributed by atoms with E-state index < -0.39 is 5.60 Å². The maximum atomic E-state index is 12.4. The van der Waals surface area contributed by atoms with E-state index in [0.29, 0.717) is 12.6 Å². The van der Waals surface area contributed by atoms with Gasteiger partial charge in [0.1, 0.15) is 0 Å². The summed E-state index contributed by atoms with van der Waals surface area (Å²) < 4.78 is 2.17. The van der Waals surface area contributed by atoms with Gasteiger partial charge in [0.2, 0.25) is 0 Å². The van der Waals surface area contributed by atoms with Crippen LogP contribution in [0.25, 0.3) is 0 Å². The summed E-state index contributed by atoms with van der Waals surface area (Å²) in [5, 5.41) is 13.4. The summed E-state index contributed by atoms with van der Waals surface area (Å²) >= 11 is 0. The largest absolute Gasteiger partial charge is 0.388 e. The summed E-state index contributed by atoms with van der Waals surface area (Å²) in [6, 6.07) is 2.28. The molecule has 0 aromatic carbocycles. The standard InChI is InChI=1S/C17H28N2O2/c1-12(2)19-13(3)10-15(14(19)4)16(20)18-11-17(21)8-6-5-7-9-17/h10,12,21H,5-9,11H2,1-4H3,(H,18,20). The molecule has 0 aliphatic heterocycles. The van der Waals surface area contributed by atoms with E-state index in [-0.39, 0.29) is 5.91 Å². The molecule has 21 heavy (non-hydrogen) atoms. The highest BCUT2D eigenvalue weighted by atomic mass is 16.3. The molecule has 1 aliphatic carbocycles. The monoisotopic (exact) mass is 292 g/mol. The highest BCUT2D eigenvalue weighted by Gasteiger charge is 2.30. The maximum absolute atomic E-state index is 12.4. The molecule has 1 aromatic heterocycles. The highest BCUT2D eigenvalue weighted by Crippen LogP contribution is 2.27. The minimum atomic E-state index is -0.711. The fourth-order valence-electron chi connectivity index (χ4n) is 3.53. The molecule has 0 unspecified atom stereocenters. The van der Waals surface area contributed by atoms with Crippen LogP contribution in [0.15, 0.2) is 6.07 Å². The normalized spacial score (nSPS) is 18.0. The van der Waals surface area contributed by atoms with E-state index in [9.17, 15) is 9.90 Å². The van der Waals surface area contributed by atoms with Crippen molar-refractivity contribution in [3.05, 3.63) is 23.0 Å². The second kappa shape index (κ2) is 6.22. The minimum Gasteiger partial charge on any atom is -0.388 e. The number of amides is 1. The molecule has 0 bridgehead atoms. The Morgan fingerprint density at radius 3 is 2.48 bits per heavy atom. The summed E-state index contributed by atoms with van der Waals surface area (Å²) in [5.74, 6) is -0.0750. The van der Waals surface area contributed by atoms with Crippen LogP contribution in [-0.2, 0) is 0 Å². The average molecular weight is 292 g/mol. The topological polar surface area (TPSA) is 54.3 Å². The van der Waals surface area contributed by atoms with Gasteiger partial charge in [-0.2, -0.15) is 0 Å². The van der Waals surface area contributed by atoms with E-state index in [1.165, 1.54) is 6.42 Å². The fraction of sp³-hybridized carbons (Fsp3) is 0.706. The molecule has 0 saturated heterocycles. The summed E-state index contributed by atoms with van der Waals surface area (Å²) in [6.45, 7) is 8.60. The van der Waals surface area contributed by atoms with Gasteiger partial charge in [-0.05, 0) is 46.6 Å². The molecule has 1 aromatic rings. The Morgan fingerprint density at radius 1 is 1.33 bits per heavy atom. The second-order valence-electron chi connectivity index (χ2n) is 6.72. The lowest BCUT2D eigenvalue weighted by molar-refractivity contribution is 0.00525. The zero-order valence-corrected chi connectivity index (χ0v) is 13.7. The first-order chi connectivity index (χ1) is 9.84. The van der Waals surface area contributed by atoms with E-state index >= 15 is 0 Å². The molecule has 1 fully saturated rings. The van der Waals surface area contributed by atoms with Crippen molar-refractivity contribution in [2.45, 2.75) is 71.4 Å². The van der Waals surface area contributed by atoms with Crippen LogP contribution in [0.4, 0.5) is 0 Å². The zero-order chi connectivity index (χ0) is 15.6. The minimum absolute atomic E-state index is 0.0750. The van der Waals surface area contributed by atoms with Gasteiger partial charge in [-0.3, -0.25) is 4.79 Å². The predicted molar refractivity (Wildman–Crippen MR) is 84.7 cm³/mol. The van der Waals surface area contributed by atoms with Gasteiger partial charge in [-0.25, -0.2) is 0 Å². The Labute approximate surface area is 127 Å². The first kappa shape index (κ1) is 16.1. The Kier molecular flexibility index (Phi) is 4.77. The lowest BCUT2D eigenvalue weighted by Crippen LogP contribution is -2.44. The molecule has 0 radical (unpaired) electrons. The first-order valence-electron chi connectivity index (χ1n) is 8.03. The summed E-state index contributed by atoms with van der Waals surface area (Å²) in [7, 11) is 0. The van der Waals surface area contributed by atoms with Gasteiger partial charge in [0.15, 0.2) is 0 Å². The third-order valence-corrected chi connectivity index (χ3v) is 4.61. The fourth-order valence-corrected chi connectivity index (χ4v) is 3.53. The SMILES string of the molecule is Cc1cc(C(=O)NCC2(O)CCCCC2)c(C)n1C(C)C. The van der Waals surface area contributed by atoms with E-state index in [1.54, 1.807) is 0 Å². The number of hydrogen-bond acceptors (Lipinski definition) is 2. The molecular weight excluding hydrogens is 264 g/mol. The predicted octanol–water partition coefficient (Wildman–Crippen LogP) is 3.11. The van der Waals surface area contributed by atoms with Crippen molar-refractivity contribution in [3.8, 4) is 0 Å². The van der Waals surface area contributed by atoms with Crippen molar-refractivity contribution in [3.63, 3.8) is 0 Å². The Bertz CT molecular complexity index is 511. The van der Waals surface area contributed by atoms with E-state index in [4.69, 9.17) is 0 Å². The van der Waals surface area contributed by atoms with Crippen molar-refractivity contribution in [2.24, 2.45) is 0 Å². The van der Waals surface area contributed by atoms with Crippen molar-refractivity contribution in [2.75, 3.05) is 6.54 Å². The summed E-state index contributed by atoms with van der Waals surface area (Å²) in [4.78, 5) is 12.4. The van der Waals surface area contributed by atoms with E-state index in [1.807, 2.05) is 19.9 Å². The van der Waals surface area contributed by atoms with Crippen LogP contribution in [0, 0.1) is 13.8 Å². The molecule has 2 N–H and O–H groups in total. The number of nitrogens with zero attached hydrogens (tertiary/aromatic N) is 1. The van der Waals surface area contributed by atoms with Gasteiger partial charge in [-0.1, -0.05) is 19.3 Å². The van der Waals surface area contributed by atoms with Gasteiger partial charge in [0, 0.05) is 24.0 Å². The molecule has 1 aliphatic rings. The number of hydrogen-bond donors (Lipinski definition) is 2. The Balaban J connectivity index is 2.05. The van der Waals surface area contributed by atoms with Crippen molar-refractivity contribution in [1.29, 1.82) is 0 Å². The van der Waals surface area contributed by atoms with E-state index in [0.717, 1.165) is 42.6 Å². The van der Waals surface area contributed by atoms with Gasteiger partial charge < -0.3 is 15.0 Å². The van der Waals surface area contributed by atoms with Gasteiger partial charge in [0.05, 0.1) is 11.2 Å². The number of aryl methyl sites for hydroxylation is 1. The van der Waals surface area contributed by atoms with Gasteiger partial charge in [0.25, 0.3) is 5.91 Å². The second-order valence-corrected chi connectivity index (χ2v) is 6.72. The third kappa shape index (κ3) is 3.49. The highest BCUT2D eigenvalue weighted by molar-refractivity contribution is 5.95. The molecule has 1 amide bonds. The first-order valence-corrected chi connectivity index (χ1v) is 8.03. The molecular formula is C17H28N2O2. The molecule has 0 atom stereocenters. The van der Waals surface area contributed by atoms with Crippen LogP contribution >= 0.6 is 0 Å². The zero-order valence-electron chi connectivity index (χ0n) is 13.7. The van der Waals surface area contributed by atoms with Crippen LogP contribution in [0.2, 0.25) is 0 Å². The van der Waals surface area contributed by atoms with Crippen LogP contribution in [0.3, 0.4) is 0 Å². The molecule has 4 heteroatoms. The number of aromatic nitrogens is 1. The van der Waals surface area contributed by atoms with Crippen LogP contribution in [-0.4, -0.2) is 27.7 Å². The maximum Gasteiger partial charge on any atom is 0.253 e. The van der Waals surface area contributed by atoms with Crippen LogP contribution in [0.1, 0.15) is 73.7 Å². The molecule has 1 saturated carbocycles. The van der Waals surface area contributed by atoms with Crippen molar-refractivity contribution < 1.29 is 9.90 Å². The van der Waals surface area contributed by atoms with Crippen molar-refractivity contribution >= 4 is 5.91 Å². The molecule has 2 rings (SSSR count). The lowest BCUT2D eigenvalue weighted by Gasteiger charge is -2.32. The Morgan fingerprint density at radius 2 is 1.95 bits per heavy atom. The van der Waals surface area contributed by atoms with Crippen molar-refractivity contribution in [1.82, 2.24) is 9.88 Å². The number of nitrogens with one attached hydrogen (secondary N) is 1. The summed E-state index contributed by atoms with van der Waals surface area (Å²) in [5.41, 5.74) is 2.11.